The summed E-state index contributed by atoms with van der Waals surface area (Å²) in [5.74, 6) is 3.18. The molecule has 1 aliphatic rings. The van der Waals surface area contributed by atoms with Gasteiger partial charge < -0.3 is 30.7 Å². The Kier molecular flexibility index (Phi) is 5.51. The number of pyridine rings is 1. The van der Waals surface area contributed by atoms with Crippen LogP contribution in [0.15, 0.2) is 54.7 Å². The fraction of sp³-hybridized carbons (Fsp3) is 0.158. The number of amides is 2. The third-order valence-electron chi connectivity index (χ3n) is 3.93. The summed E-state index contributed by atoms with van der Waals surface area (Å²) >= 11 is 0. The number of hydrogen-bond donors (Lipinski definition) is 4. The van der Waals surface area contributed by atoms with Crippen molar-refractivity contribution in [3.8, 4) is 11.5 Å². The number of nitrogens with one attached hydrogen (secondary N) is 4. The summed E-state index contributed by atoms with van der Waals surface area (Å²) in [6.45, 7) is 1.10. The smallest absolute Gasteiger partial charge is 0.319 e. The van der Waals surface area contributed by atoms with E-state index in [2.05, 4.69) is 36.4 Å². The molecule has 3 aromatic rings. The number of fused-ring (bicyclic) bond motifs is 1. The van der Waals surface area contributed by atoms with Crippen LogP contribution in [0.25, 0.3) is 0 Å². The molecule has 2 aromatic heterocycles. The maximum Gasteiger partial charge on any atom is 0.319 e. The minimum atomic E-state index is -0.313. The molecule has 1 aliphatic heterocycles. The van der Waals surface area contributed by atoms with Crippen LogP contribution in [0, 0.1) is 0 Å². The van der Waals surface area contributed by atoms with Crippen LogP contribution in [0.5, 0.6) is 11.5 Å². The van der Waals surface area contributed by atoms with Crippen molar-refractivity contribution in [1.29, 1.82) is 0 Å². The summed E-state index contributed by atoms with van der Waals surface area (Å²) in [6.07, 6.45) is 1.70. The number of hydrogen-bond acceptors (Lipinski definition) is 8. The molecular weight excluding hydrogens is 374 g/mol. The van der Waals surface area contributed by atoms with Gasteiger partial charge in [-0.3, -0.25) is 0 Å². The van der Waals surface area contributed by atoms with Gasteiger partial charge in [-0.1, -0.05) is 6.07 Å². The highest BCUT2D eigenvalue weighted by atomic mass is 16.7. The Bertz CT molecular complexity index is 967. The number of benzene rings is 1. The molecule has 148 valence electrons. The third kappa shape index (κ3) is 5.01. The number of urea groups is 1. The molecule has 2 amide bonds. The lowest BCUT2D eigenvalue weighted by Gasteiger charge is -2.09. The summed E-state index contributed by atoms with van der Waals surface area (Å²) < 4.78 is 10.5. The Labute approximate surface area is 166 Å². The van der Waals surface area contributed by atoms with E-state index in [0.717, 1.165) is 0 Å². The number of rotatable bonds is 7. The molecule has 10 heteroatoms. The Morgan fingerprint density at radius 2 is 1.79 bits per heavy atom. The van der Waals surface area contributed by atoms with Crippen molar-refractivity contribution in [2.24, 2.45) is 0 Å². The van der Waals surface area contributed by atoms with E-state index in [-0.39, 0.29) is 12.8 Å². The van der Waals surface area contributed by atoms with Gasteiger partial charge in [0.2, 0.25) is 6.79 Å². The Balaban J connectivity index is 1.18. The first-order valence-electron chi connectivity index (χ1n) is 8.96. The summed E-state index contributed by atoms with van der Waals surface area (Å²) in [4.78, 5) is 16.1. The Morgan fingerprint density at radius 1 is 0.931 bits per heavy atom. The molecular formula is C19H19N7O3. The summed E-state index contributed by atoms with van der Waals surface area (Å²) in [6, 6.07) is 14.1. The molecule has 0 unspecified atom stereocenters. The number of carbonyl (C=O) groups excluding carboxylic acids is 1. The average Bonchev–Trinajstić information content (AvgIpc) is 3.21. The molecule has 1 aromatic carbocycles. The van der Waals surface area contributed by atoms with E-state index in [9.17, 15) is 4.79 Å². The zero-order chi connectivity index (χ0) is 19.9. The van der Waals surface area contributed by atoms with E-state index in [1.54, 1.807) is 36.5 Å². The molecule has 3 heterocycles. The van der Waals surface area contributed by atoms with Crippen LogP contribution in [0.1, 0.15) is 0 Å². The molecule has 4 rings (SSSR count). The minimum absolute atomic E-state index is 0.194. The predicted molar refractivity (Wildman–Crippen MR) is 108 cm³/mol. The van der Waals surface area contributed by atoms with Gasteiger partial charge in [-0.15, -0.1) is 10.2 Å². The van der Waals surface area contributed by atoms with Gasteiger partial charge in [0.25, 0.3) is 0 Å². The lowest BCUT2D eigenvalue weighted by molar-refractivity contribution is 0.174. The van der Waals surface area contributed by atoms with Gasteiger partial charge in [0.05, 0.1) is 0 Å². The standard InChI is InChI=1S/C19H19N7O3/c27-19(23-13-4-5-14-15(11-13)29-12-28-14)22-10-9-21-17-6-7-18(26-25-17)24-16-3-1-2-8-20-16/h1-8,11H,9-10,12H2,(H,21,25)(H,20,24,26)(H2,22,23,27). The van der Waals surface area contributed by atoms with E-state index < -0.39 is 0 Å². The quantitative estimate of drug-likeness (QED) is 0.452. The maximum absolute atomic E-state index is 12.0. The third-order valence-corrected chi connectivity index (χ3v) is 3.93. The van der Waals surface area contributed by atoms with Crippen molar-refractivity contribution < 1.29 is 14.3 Å². The number of anilines is 4. The van der Waals surface area contributed by atoms with Gasteiger partial charge in [0.1, 0.15) is 11.6 Å². The number of aromatic nitrogens is 3. The topological polar surface area (TPSA) is 122 Å². The zero-order valence-corrected chi connectivity index (χ0v) is 15.4. The van der Waals surface area contributed by atoms with Crippen molar-refractivity contribution in [1.82, 2.24) is 20.5 Å². The van der Waals surface area contributed by atoms with Crippen LogP contribution in [-0.4, -0.2) is 41.1 Å². The molecule has 0 radical (unpaired) electrons. The van der Waals surface area contributed by atoms with Gasteiger partial charge >= 0.3 is 6.03 Å². The molecule has 0 saturated heterocycles. The van der Waals surface area contributed by atoms with Crippen LogP contribution >= 0.6 is 0 Å². The van der Waals surface area contributed by atoms with Gasteiger partial charge in [-0.05, 0) is 36.4 Å². The van der Waals surface area contributed by atoms with Crippen molar-refractivity contribution in [2.75, 3.05) is 35.8 Å². The highest BCUT2D eigenvalue weighted by molar-refractivity contribution is 5.89. The monoisotopic (exact) mass is 393 g/mol. The van der Waals surface area contributed by atoms with Crippen molar-refractivity contribution >= 4 is 29.2 Å². The van der Waals surface area contributed by atoms with Gasteiger partial charge in [0, 0.05) is 31.0 Å². The summed E-state index contributed by atoms with van der Waals surface area (Å²) in [7, 11) is 0. The second-order valence-electron chi connectivity index (χ2n) is 6.02. The zero-order valence-electron chi connectivity index (χ0n) is 15.4. The van der Waals surface area contributed by atoms with E-state index in [1.807, 2.05) is 18.2 Å². The molecule has 0 aliphatic carbocycles. The van der Waals surface area contributed by atoms with Gasteiger partial charge in [-0.25, -0.2) is 9.78 Å². The number of nitrogens with zero attached hydrogens (tertiary/aromatic N) is 3. The molecule has 0 bridgehead atoms. The summed E-state index contributed by atoms with van der Waals surface area (Å²) in [5, 5.41) is 19.8. The second-order valence-corrected chi connectivity index (χ2v) is 6.02. The molecule has 4 N–H and O–H groups in total. The highest BCUT2D eigenvalue weighted by Crippen LogP contribution is 2.34. The van der Waals surface area contributed by atoms with E-state index in [4.69, 9.17) is 9.47 Å². The molecule has 0 fully saturated rings. The van der Waals surface area contributed by atoms with E-state index in [1.165, 1.54) is 0 Å². The molecule has 0 saturated carbocycles. The maximum atomic E-state index is 12.0. The van der Waals surface area contributed by atoms with Crippen molar-refractivity contribution in [2.45, 2.75) is 0 Å². The highest BCUT2D eigenvalue weighted by Gasteiger charge is 2.13. The predicted octanol–water partition coefficient (Wildman–Crippen LogP) is 2.58. The van der Waals surface area contributed by atoms with Crippen molar-refractivity contribution in [3.63, 3.8) is 0 Å². The first kappa shape index (κ1) is 18.3. The lowest BCUT2D eigenvalue weighted by atomic mass is 10.3. The molecule has 10 nitrogen and oxygen atoms in total. The van der Waals surface area contributed by atoms with E-state index in [0.29, 0.717) is 47.7 Å². The fourth-order valence-electron chi connectivity index (χ4n) is 2.58. The molecule has 0 atom stereocenters. The van der Waals surface area contributed by atoms with E-state index >= 15 is 0 Å². The van der Waals surface area contributed by atoms with Crippen LogP contribution in [0.3, 0.4) is 0 Å². The number of carbonyl (C=O) groups is 1. The fourth-order valence-corrected chi connectivity index (χ4v) is 2.58. The minimum Gasteiger partial charge on any atom is -0.454 e. The Hall–Kier alpha value is -4.08. The first-order valence-corrected chi connectivity index (χ1v) is 8.96. The average molecular weight is 393 g/mol. The summed E-state index contributed by atoms with van der Waals surface area (Å²) in [5.41, 5.74) is 0.626. The van der Waals surface area contributed by atoms with Crippen LogP contribution in [0.4, 0.5) is 27.9 Å². The van der Waals surface area contributed by atoms with Gasteiger partial charge in [0.15, 0.2) is 17.3 Å². The van der Waals surface area contributed by atoms with Gasteiger partial charge in [-0.2, -0.15) is 0 Å². The first-order chi connectivity index (χ1) is 14.3. The van der Waals surface area contributed by atoms with Crippen LogP contribution < -0.4 is 30.7 Å². The van der Waals surface area contributed by atoms with Crippen molar-refractivity contribution in [3.05, 3.63) is 54.7 Å². The SMILES string of the molecule is O=C(NCCNc1ccc(Nc2ccccn2)nn1)Nc1ccc2c(c1)OCO2. The van der Waals surface area contributed by atoms with Crippen LogP contribution in [0.2, 0.25) is 0 Å². The molecule has 0 spiro atoms. The second kappa shape index (κ2) is 8.74. The largest absolute Gasteiger partial charge is 0.454 e. The molecule has 29 heavy (non-hydrogen) atoms. The number of ether oxygens (including phenoxy) is 2. The lowest BCUT2D eigenvalue weighted by Crippen LogP contribution is -2.32. The normalized spacial score (nSPS) is 11.6. The Morgan fingerprint density at radius 3 is 2.62 bits per heavy atom. The van der Waals surface area contributed by atoms with Crippen LogP contribution in [-0.2, 0) is 0 Å².